The molecule has 5 nitrogen and oxygen atoms in total. The number of esters is 1. The fraction of sp³-hybridized carbons (Fsp3) is 0.692. The summed E-state index contributed by atoms with van der Waals surface area (Å²) >= 11 is 1.66. The van der Waals surface area contributed by atoms with E-state index >= 15 is 0 Å². The van der Waals surface area contributed by atoms with Gasteiger partial charge in [-0.25, -0.2) is 4.79 Å². The molecule has 0 unspecified atom stereocenters. The molecule has 0 aromatic rings. The van der Waals surface area contributed by atoms with Crippen LogP contribution in [0.3, 0.4) is 0 Å². The normalized spacial score (nSPS) is 13.6. The lowest BCUT2D eigenvalue weighted by molar-refractivity contribution is -0.138. The molecule has 0 bridgehead atoms. The number of thioether (sulfide) groups is 1. The van der Waals surface area contributed by atoms with Gasteiger partial charge in [-0.2, -0.15) is 0 Å². The Hall–Kier alpha value is -0.633. The number of hydrogen-bond acceptors (Lipinski definition) is 6. The first-order chi connectivity index (χ1) is 9.45. The number of carbonyl (C=O) groups excluding carboxylic acids is 1. The monoisotopic (exact) mass is 318 g/mol. The zero-order valence-corrected chi connectivity index (χ0v) is 14.5. The molecule has 0 saturated carbocycles. The summed E-state index contributed by atoms with van der Waals surface area (Å²) in [5, 5.41) is 0. The molecule has 20 heavy (non-hydrogen) atoms. The molecule has 1 heterocycles. The van der Waals surface area contributed by atoms with Gasteiger partial charge in [-0.1, -0.05) is 6.58 Å². The molecular formula is C13H24NO4SSi. The highest BCUT2D eigenvalue weighted by molar-refractivity contribution is 8.12. The molecule has 0 N–H and O–H groups in total. The van der Waals surface area contributed by atoms with Gasteiger partial charge in [-0.3, -0.25) is 4.99 Å². The van der Waals surface area contributed by atoms with Crippen molar-refractivity contribution >= 4 is 31.8 Å². The Labute approximate surface area is 127 Å². The molecule has 1 rings (SSSR count). The van der Waals surface area contributed by atoms with Crippen molar-refractivity contribution in [2.24, 2.45) is 4.99 Å². The number of hydrogen-bond donors (Lipinski definition) is 0. The van der Waals surface area contributed by atoms with Gasteiger partial charge in [0.25, 0.3) is 0 Å². The minimum Gasteiger partial charge on any atom is -0.462 e. The summed E-state index contributed by atoms with van der Waals surface area (Å²) < 4.78 is 15.6. The fourth-order valence-corrected chi connectivity index (χ4v) is 3.01. The second kappa shape index (κ2) is 11.1. The Morgan fingerprint density at radius 2 is 2.10 bits per heavy atom. The van der Waals surface area contributed by atoms with Gasteiger partial charge in [0.1, 0.15) is 5.55 Å². The van der Waals surface area contributed by atoms with Gasteiger partial charge in [-0.15, -0.1) is 11.8 Å². The van der Waals surface area contributed by atoms with E-state index in [9.17, 15) is 4.79 Å². The average Bonchev–Trinajstić information content (AvgIpc) is 3.02. The summed E-state index contributed by atoms with van der Waals surface area (Å²) in [5.74, 6) is 0.799. The van der Waals surface area contributed by atoms with Crippen molar-refractivity contribution in [2.75, 3.05) is 33.1 Å². The number of rotatable bonds is 7. The predicted molar refractivity (Wildman–Crippen MR) is 85.6 cm³/mol. The minimum atomic E-state index is -2.01. The second-order valence-corrected chi connectivity index (χ2v) is 8.85. The molecule has 0 spiro atoms. The molecule has 0 fully saturated rings. The first-order valence-corrected chi connectivity index (χ1v) is 9.92. The van der Waals surface area contributed by atoms with E-state index in [1.807, 2.05) is 6.55 Å². The van der Waals surface area contributed by atoms with Gasteiger partial charge in [0.15, 0.2) is 0 Å². The summed E-state index contributed by atoms with van der Waals surface area (Å²) in [7, 11) is 1.29. The van der Waals surface area contributed by atoms with Crippen LogP contribution < -0.4 is 0 Å². The highest BCUT2D eigenvalue weighted by Gasteiger charge is 2.27. The molecule has 0 aliphatic carbocycles. The quantitative estimate of drug-likeness (QED) is 0.312. The van der Waals surface area contributed by atoms with E-state index in [0.717, 1.165) is 24.8 Å². The van der Waals surface area contributed by atoms with Gasteiger partial charge in [0.2, 0.25) is 0 Å². The third-order valence-electron chi connectivity index (χ3n) is 2.65. The summed E-state index contributed by atoms with van der Waals surface area (Å²) in [6, 6.07) is 0.809. The largest absolute Gasteiger partial charge is 0.462 e. The van der Waals surface area contributed by atoms with Crippen LogP contribution in [0.25, 0.3) is 0 Å². The number of aliphatic imine (C=N–C) groups is 1. The van der Waals surface area contributed by atoms with E-state index in [4.69, 9.17) is 13.6 Å². The molecule has 1 aliphatic rings. The molecule has 0 aromatic carbocycles. The SMILES string of the molecule is C=C(C)C(=O)OCCC[Si](C)(OC)OC.[C]1=NCCS1. The van der Waals surface area contributed by atoms with Crippen LogP contribution in [-0.2, 0) is 18.4 Å². The molecule has 0 saturated heterocycles. The van der Waals surface area contributed by atoms with Crippen LogP contribution in [0.2, 0.25) is 12.6 Å². The maximum atomic E-state index is 11.0. The molecule has 0 amide bonds. The van der Waals surface area contributed by atoms with Crippen molar-refractivity contribution in [2.45, 2.75) is 25.9 Å². The topological polar surface area (TPSA) is 57.1 Å². The maximum absolute atomic E-state index is 11.0. The van der Waals surface area contributed by atoms with Crippen LogP contribution in [-0.4, -0.2) is 53.2 Å². The Morgan fingerprint density at radius 3 is 2.45 bits per heavy atom. The Balaban J connectivity index is 0.000000595. The van der Waals surface area contributed by atoms with Crippen LogP contribution >= 0.6 is 11.8 Å². The van der Waals surface area contributed by atoms with E-state index in [1.54, 1.807) is 32.9 Å². The lowest BCUT2D eigenvalue weighted by atomic mass is 10.4. The van der Waals surface area contributed by atoms with Crippen molar-refractivity contribution in [1.29, 1.82) is 0 Å². The molecule has 1 radical (unpaired) electrons. The highest BCUT2D eigenvalue weighted by atomic mass is 32.2. The summed E-state index contributed by atoms with van der Waals surface area (Å²) in [6.45, 7) is 8.48. The molecule has 1 aliphatic heterocycles. The maximum Gasteiger partial charge on any atom is 0.334 e. The van der Waals surface area contributed by atoms with Crippen molar-refractivity contribution in [3.05, 3.63) is 12.2 Å². The van der Waals surface area contributed by atoms with Crippen LogP contribution in [0.1, 0.15) is 13.3 Å². The minimum absolute atomic E-state index is 0.340. The Kier molecular flexibility index (Phi) is 10.7. The van der Waals surface area contributed by atoms with Gasteiger partial charge in [-0.05, 0) is 25.9 Å². The average molecular weight is 318 g/mol. The van der Waals surface area contributed by atoms with Crippen molar-refractivity contribution in [3.63, 3.8) is 0 Å². The van der Waals surface area contributed by atoms with Gasteiger partial charge < -0.3 is 13.6 Å². The zero-order chi connectivity index (χ0) is 15.4. The highest BCUT2D eigenvalue weighted by Crippen LogP contribution is 2.13. The van der Waals surface area contributed by atoms with Crippen molar-refractivity contribution in [3.8, 4) is 0 Å². The lowest BCUT2D eigenvalue weighted by Crippen LogP contribution is -2.36. The molecule has 115 valence electrons. The van der Waals surface area contributed by atoms with E-state index in [1.165, 1.54) is 0 Å². The van der Waals surface area contributed by atoms with Crippen molar-refractivity contribution in [1.82, 2.24) is 0 Å². The summed E-state index contributed by atoms with van der Waals surface area (Å²) in [4.78, 5) is 14.8. The third kappa shape index (κ3) is 9.30. The van der Waals surface area contributed by atoms with E-state index in [-0.39, 0.29) is 5.97 Å². The zero-order valence-electron chi connectivity index (χ0n) is 12.7. The first-order valence-electron chi connectivity index (χ1n) is 6.41. The predicted octanol–water partition coefficient (Wildman–Crippen LogP) is 2.50. The number of carbonyl (C=O) groups is 1. The van der Waals surface area contributed by atoms with Crippen molar-refractivity contribution < 1.29 is 18.4 Å². The van der Waals surface area contributed by atoms with Crippen LogP contribution in [0, 0.1) is 0 Å². The Bertz CT molecular complexity index is 326. The summed E-state index contributed by atoms with van der Waals surface area (Å²) in [5.41, 5.74) is 3.19. The summed E-state index contributed by atoms with van der Waals surface area (Å²) in [6.07, 6.45) is 0.753. The van der Waals surface area contributed by atoms with Gasteiger partial charge in [0, 0.05) is 32.1 Å². The van der Waals surface area contributed by atoms with Gasteiger partial charge >= 0.3 is 14.5 Å². The molecular weight excluding hydrogens is 294 g/mol. The number of nitrogens with zero attached hydrogens (tertiary/aromatic N) is 1. The standard InChI is InChI=1S/C10H20O4Si.C3H4NS/c1-9(2)10(11)14-7-6-8-15(5,12-3)13-4;1-2-5-3-4-1/h1,6-8H2,2-5H3;1-2H2. The smallest absolute Gasteiger partial charge is 0.334 e. The lowest BCUT2D eigenvalue weighted by Gasteiger charge is -2.22. The van der Waals surface area contributed by atoms with Gasteiger partial charge in [0.05, 0.1) is 6.61 Å². The molecule has 7 heteroatoms. The second-order valence-electron chi connectivity index (χ2n) is 4.38. The van der Waals surface area contributed by atoms with E-state index < -0.39 is 8.56 Å². The molecule has 0 atom stereocenters. The van der Waals surface area contributed by atoms with E-state index in [0.29, 0.717) is 12.2 Å². The fourth-order valence-electron chi connectivity index (χ4n) is 1.20. The third-order valence-corrected chi connectivity index (χ3v) is 6.29. The number of ether oxygens (including phenoxy) is 1. The first kappa shape index (κ1) is 19.4. The van der Waals surface area contributed by atoms with Crippen LogP contribution in [0.5, 0.6) is 0 Å². The molecule has 0 aromatic heterocycles. The van der Waals surface area contributed by atoms with Crippen LogP contribution in [0.15, 0.2) is 17.1 Å². The van der Waals surface area contributed by atoms with Crippen LogP contribution in [0.4, 0.5) is 0 Å². The Morgan fingerprint density at radius 1 is 1.45 bits per heavy atom. The van der Waals surface area contributed by atoms with E-state index in [2.05, 4.69) is 17.1 Å².